The topological polar surface area (TPSA) is 93.5 Å². The Hall–Kier alpha value is -3.15. The molecule has 1 saturated heterocycles. The molecule has 8 nitrogen and oxygen atoms in total. The lowest BCUT2D eigenvalue weighted by molar-refractivity contribution is 0.0730. The smallest absolute Gasteiger partial charge is 0.271 e. The van der Waals surface area contributed by atoms with E-state index in [-0.39, 0.29) is 22.7 Å². The highest BCUT2D eigenvalue weighted by molar-refractivity contribution is 7.89. The van der Waals surface area contributed by atoms with Gasteiger partial charge in [-0.3, -0.25) is 4.79 Å². The number of sulfonamides is 1. The molecule has 32 heavy (non-hydrogen) atoms. The van der Waals surface area contributed by atoms with Crippen LogP contribution in [-0.2, 0) is 21.3 Å². The molecule has 1 fully saturated rings. The highest BCUT2D eigenvalue weighted by atomic mass is 32.2. The number of nitrogens with one attached hydrogen (secondary N) is 1. The summed E-state index contributed by atoms with van der Waals surface area (Å²) in [6, 6.07) is 9.25. The van der Waals surface area contributed by atoms with Crippen LogP contribution >= 0.6 is 0 Å². The summed E-state index contributed by atoms with van der Waals surface area (Å²) in [6.07, 6.45) is 2.90. The van der Waals surface area contributed by atoms with Crippen molar-refractivity contribution < 1.29 is 26.7 Å². The summed E-state index contributed by atoms with van der Waals surface area (Å²) >= 11 is 0. The van der Waals surface area contributed by atoms with Crippen molar-refractivity contribution in [3.05, 3.63) is 77.9 Å². The third-order valence-electron chi connectivity index (χ3n) is 4.93. The van der Waals surface area contributed by atoms with Crippen LogP contribution in [0.15, 0.2) is 59.9 Å². The van der Waals surface area contributed by atoms with Crippen molar-refractivity contribution in [2.24, 2.45) is 0 Å². The number of hydrogen-bond donors (Lipinski definition) is 1. The van der Waals surface area contributed by atoms with Crippen LogP contribution < -0.4 is 5.32 Å². The standard InChI is InChI=1S/C21H20F2N4O4S/c22-16-9-15(10-17(23)11-16)12-24-21(28)20-13-26(14-25-20)18-1-3-19(4-2-18)32(29,30)27-5-7-31-8-6-27/h1-4,9-11,13-14H,5-8,12H2,(H,24,28). The van der Waals surface area contributed by atoms with E-state index in [4.69, 9.17) is 4.74 Å². The monoisotopic (exact) mass is 462 g/mol. The lowest BCUT2D eigenvalue weighted by atomic mass is 10.2. The van der Waals surface area contributed by atoms with Crippen LogP contribution in [0.25, 0.3) is 5.69 Å². The Labute approximate surface area is 183 Å². The Morgan fingerprint density at radius 1 is 1.06 bits per heavy atom. The fourth-order valence-electron chi connectivity index (χ4n) is 3.29. The van der Waals surface area contributed by atoms with Crippen molar-refractivity contribution in [3.8, 4) is 5.69 Å². The predicted molar refractivity (Wildman–Crippen MR) is 111 cm³/mol. The summed E-state index contributed by atoms with van der Waals surface area (Å²) in [4.78, 5) is 16.5. The van der Waals surface area contributed by atoms with Crippen molar-refractivity contribution in [3.63, 3.8) is 0 Å². The maximum Gasteiger partial charge on any atom is 0.271 e. The first-order valence-electron chi connectivity index (χ1n) is 9.78. The lowest BCUT2D eigenvalue weighted by Crippen LogP contribution is -2.40. The van der Waals surface area contributed by atoms with Gasteiger partial charge in [0.25, 0.3) is 5.91 Å². The van der Waals surface area contributed by atoms with Gasteiger partial charge >= 0.3 is 0 Å². The summed E-state index contributed by atoms with van der Waals surface area (Å²) in [7, 11) is -3.60. The van der Waals surface area contributed by atoms with Crippen LogP contribution in [-0.4, -0.2) is 54.5 Å². The quantitative estimate of drug-likeness (QED) is 0.606. The molecule has 0 radical (unpaired) electrons. The van der Waals surface area contributed by atoms with E-state index in [2.05, 4.69) is 10.3 Å². The van der Waals surface area contributed by atoms with Crippen LogP contribution in [0.3, 0.4) is 0 Å². The Morgan fingerprint density at radius 2 is 1.72 bits per heavy atom. The third-order valence-corrected chi connectivity index (χ3v) is 6.85. The first-order valence-corrected chi connectivity index (χ1v) is 11.2. The Bertz CT molecular complexity index is 1200. The van der Waals surface area contributed by atoms with E-state index in [1.54, 1.807) is 16.7 Å². The summed E-state index contributed by atoms with van der Waals surface area (Å²) in [5, 5.41) is 2.56. The minimum Gasteiger partial charge on any atom is -0.379 e. The molecule has 4 rings (SSSR count). The van der Waals surface area contributed by atoms with Gasteiger partial charge in [-0.05, 0) is 42.0 Å². The van der Waals surface area contributed by atoms with E-state index in [0.717, 1.165) is 18.2 Å². The lowest BCUT2D eigenvalue weighted by Gasteiger charge is -2.26. The highest BCUT2D eigenvalue weighted by Crippen LogP contribution is 2.19. The second-order valence-electron chi connectivity index (χ2n) is 7.14. The first-order chi connectivity index (χ1) is 15.3. The number of benzene rings is 2. The second-order valence-corrected chi connectivity index (χ2v) is 9.07. The summed E-state index contributed by atoms with van der Waals surface area (Å²) in [5.41, 5.74) is 1.00. The van der Waals surface area contributed by atoms with Crippen LogP contribution in [0.1, 0.15) is 16.1 Å². The van der Waals surface area contributed by atoms with E-state index in [0.29, 0.717) is 32.0 Å². The van der Waals surface area contributed by atoms with Gasteiger partial charge < -0.3 is 14.6 Å². The van der Waals surface area contributed by atoms with E-state index < -0.39 is 27.6 Å². The second kappa shape index (κ2) is 9.15. The maximum atomic E-state index is 13.3. The van der Waals surface area contributed by atoms with E-state index >= 15 is 0 Å². The van der Waals surface area contributed by atoms with Gasteiger partial charge in [-0.2, -0.15) is 4.31 Å². The van der Waals surface area contributed by atoms with Gasteiger partial charge in [0.1, 0.15) is 23.7 Å². The van der Waals surface area contributed by atoms with Gasteiger partial charge in [-0.25, -0.2) is 22.2 Å². The van der Waals surface area contributed by atoms with Gasteiger partial charge in [-0.15, -0.1) is 0 Å². The molecule has 1 N–H and O–H groups in total. The van der Waals surface area contributed by atoms with Crippen molar-refractivity contribution in [1.29, 1.82) is 0 Å². The number of rotatable bonds is 6. The molecule has 0 unspecified atom stereocenters. The van der Waals surface area contributed by atoms with Gasteiger partial charge in [0.05, 0.1) is 18.1 Å². The minimum absolute atomic E-state index is 0.0610. The molecule has 3 aromatic rings. The maximum absolute atomic E-state index is 13.3. The molecule has 0 atom stereocenters. The normalized spacial score (nSPS) is 14.9. The molecule has 1 amide bonds. The molecule has 2 aromatic carbocycles. The molecule has 0 aliphatic carbocycles. The highest BCUT2D eigenvalue weighted by Gasteiger charge is 2.26. The van der Waals surface area contributed by atoms with Crippen molar-refractivity contribution in [1.82, 2.24) is 19.2 Å². The number of carbonyl (C=O) groups excluding carboxylic acids is 1. The summed E-state index contributed by atoms with van der Waals surface area (Å²) in [5.74, 6) is -1.96. The zero-order chi connectivity index (χ0) is 22.7. The molecule has 11 heteroatoms. The van der Waals surface area contributed by atoms with Crippen molar-refractivity contribution in [2.45, 2.75) is 11.4 Å². The number of morpholine rings is 1. The average Bonchev–Trinajstić information content (AvgIpc) is 3.28. The van der Waals surface area contributed by atoms with Crippen molar-refractivity contribution in [2.75, 3.05) is 26.3 Å². The molecule has 1 aliphatic heterocycles. The SMILES string of the molecule is O=C(NCc1cc(F)cc(F)c1)c1cn(-c2ccc(S(=O)(=O)N3CCOCC3)cc2)cn1. The van der Waals surface area contributed by atoms with Crippen LogP contribution in [0.5, 0.6) is 0 Å². The van der Waals surface area contributed by atoms with Crippen LogP contribution in [0.2, 0.25) is 0 Å². The van der Waals surface area contributed by atoms with Crippen LogP contribution in [0.4, 0.5) is 8.78 Å². The van der Waals surface area contributed by atoms with Gasteiger partial charge in [0.2, 0.25) is 10.0 Å². The Balaban J connectivity index is 1.43. The van der Waals surface area contributed by atoms with E-state index in [1.165, 1.54) is 29.0 Å². The predicted octanol–water partition coefficient (Wildman–Crippen LogP) is 2.10. The molecular weight excluding hydrogens is 442 g/mol. The minimum atomic E-state index is -3.60. The average molecular weight is 462 g/mol. The summed E-state index contributed by atoms with van der Waals surface area (Å²) in [6.45, 7) is 1.30. The van der Waals surface area contributed by atoms with E-state index in [9.17, 15) is 22.0 Å². The third kappa shape index (κ3) is 4.85. The number of hydrogen-bond acceptors (Lipinski definition) is 5. The van der Waals surface area contributed by atoms with Gasteiger partial charge in [-0.1, -0.05) is 0 Å². The Morgan fingerprint density at radius 3 is 2.38 bits per heavy atom. The number of aromatic nitrogens is 2. The zero-order valence-electron chi connectivity index (χ0n) is 16.9. The van der Waals surface area contributed by atoms with Crippen LogP contribution in [0, 0.1) is 11.6 Å². The molecule has 2 heterocycles. The Kier molecular flexibility index (Phi) is 6.31. The summed E-state index contributed by atoms with van der Waals surface area (Å²) < 4.78 is 60.1. The fraction of sp³-hybridized carbons (Fsp3) is 0.238. The van der Waals surface area contributed by atoms with Gasteiger partial charge in [0.15, 0.2) is 0 Å². The number of ether oxygens (including phenoxy) is 1. The molecule has 1 aliphatic rings. The van der Waals surface area contributed by atoms with Crippen molar-refractivity contribution >= 4 is 15.9 Å². The molecule has 0 spiro atoms. The molecule has 0 bridgehead atoms. The first kappa shape index (κ1) is 22.1. The number of carbonyl (C=O) groups is 1. The van der Waals surface area contributed by atoms with Gasteiger partial charge in [0, 0.05) is 37.6 Å². The molecule has 0 saturated carbocycles. The number of amides is 1. The zero-order valence-corrected chi connectivity index (χ0v) is 17.7. The molecule has 1 aromatic heterocycles. The fourth-order valence-corrected chi connectivity index (χ4v) is 4.70. The largest absolute Gasteiger partial charge is 0.379 e. The number of nitrogens with zero attached hydrogens (tertiary/aromatic N) is 3. The molecular formula is C21H20F2N4O4S. The number of halogens is 2. The molecule has 168 valence electrons. The van der Waals surface area contributed by atoms with E-state index in [1.807, 2.05) is 0 Å². The number of imidazole rings is 1.